The molecule has 3 rings (SSSR count). The van der Waals surface area contributed by atoms with Gasteiger partial charge in [-0.3, -0.25) is 9.59 Å². The number of carbonyl (C=O) groups excluding carboxylic acids is 2. The first-order chi connectivity index (χ1) is 14.1. The second-order valence-electron chi connectivity index (χ2n) is 7.52. The molecule has 0 bridgehead atoms. The van der Waals surface area contributed by atoms with Crippen molar-refractivity contribution in [3.05, 3.63) is 64.7 Å². The van der Waals surface area contributed by atoms with E-state index in [-0.39, 0.29) is 11.8 Å². The number of methoxy groups -OCH3 is 1. The number of benzene rings is 2. The van der Waals surface area contributed by atoms with E-state index in [2.05, 4.69) is 12.2 Å². The lowest BCUT2D eigenvalue weighted by Crippen LogP contribution is -2.39. The van der Waals surface area contributed by atoms with Crippen LogP contribution in [0.15, 0.2) is 42.5 Å². The molecule has 0 saturated heterocycles. The number of rotatable bonds is 9. The Morgan fingerprint density at radius 3 is 2.66 bits per heavy atom. The molecule has 1 aliphatic heterocycles. The number of anilines is 1. The van der Waals surface area contributed by atoms with Crippen LogP contribution in [0.2, 0.25) is 0 Å². The van der Waals surface area contributed by atoms with E-state index in [4.69, 9.17) is 4.74 Å². The Bertz CT molecular complexity index is 846. The normalized spacial score (nSPS) is 13.3. The molecular formula is C24H30N2O3. The second-order valence-corrected chi connectivity index (χ2v) is 7.52. The largest absolute Gasteiger partial charge is 0.383 e. The Morgan fingerprint density at radius 2 is 1.93 bits per heavy atom. The number of carbonyl (C=O) groups is 2. The van der Waals surface area contributed by atoms with Gasteiger partial charge >= 0.3 is 0 Å². The average Bonchev–Trinajstić information content (AvgIpc) is 2.74. The van der Waals surface area contributed by atoms with E-state index in [1.807, 2.05) is 41.3 Å². The molecule has 2 aromatic carbocycles. The van der Waals surface area contributed by atoms with Gasteiger partial charge in [0.15, 0.2) is 0 Å². The van der Waals surface area contributed by atoms with Crippen molar-refractivity contribution in [3.63, 3.8) is 0 Å². The minimum Gasteiger partial charge on any atom is -0.383 e. The Kier molecular flexibility index (Phi) is 7.42. The van der Waals surface area contributed by atoms with E-state index < -0.39 is 0 Å². The Balaban J connectivity index is 1.62. The maximum Gasteiger partial charge on any atom is 0.255 e. The fraction of sp³-hybridized carbons (Fsp3) is 0.417. The predicted octanol–water partition coefficient (Wildman–Crippen LogP) is 4.32. The van der Waals surface area contributed by atoms with Crippen molar-refractivity contribution in [2.45, 2.75) is 39.0 Å². The van der Waals surface area contributed by atoms with Gasteiger partial charge in [0, 0.05) is 37.0 Å². The zero-order valence-electron chi connectivity index (χ0n) is 17.4. The highest BCUT2D eigenvalue weighted by Gasteiger charge is 2.24. The van der Waals surface area contributed by atoms with Gasteiger partial charge in [-0.15, -0.1) is 0 Å². The molecule has 2 amide bonds. The summed E-state index contributed by atoms with van der Waals surface area (Å²) >= 11 is 0. The van der Waals surface area contributed by atoms with Crippen molar-refractivity contribution < 1.29 is 14.3 Å². The summed E-state index contributed by atoms with van der Waals surface area (Å²) in [5.74, 6) is -0.103. The molecule has 0 aliphatic carbocycles. The number of ether oxygens (including phenoxy) is 1. The van der Waals surface area contributed by atoms with Gasteiger partial charge in [-0.05, 0) is 60.7 Å². The third kappa shape index (κ3) is 5.45. The predicted molar refractivity (Wildman–Crippen MR) is 116 cm³/mol. The maximum absolute atomic E-state index is 12.6. The van der Waals surface area contributed by atoms with Gasteiger partial charge in [0.2, 0.25) is 0 Å². The lowest BCUT2D eigenvalue weighted by atomic mass is 9.98. The third-order valence-electron chi connectivity index (χ3n) is 5.38. The molecule has 2 aromatic rings. The SMILES string of the molecule is CCCCCc1ccc(C(=O)Nc2ccc3c(c2)CCN(CCOC)C3=O)cc1. The summed E-state index contributed by atoms with van der Waals surface area (Å²) in [7, 11) is 1.64. The number of unbranched alkanes of at least 4 members (excludes halogenated alkanes) is 2. The van der Waals surface area contributed by atoms with Crippen molar-refractivity contribution in [3.8, 4) is 0 Å². The number of nitrogens with one attached hydrogen (secondary N) is 1. The van der Waals surface area contributed by atoms with Crippen LogP contribution >= 0.6 is 0 Å². The maximum atomic E-state index is 12.6. The first-order valence-corrected chi connectivity index (χ1v) is 10.4. The lowest BCUT2D eigenvalue weighted by Gasteiger charge is -2.28. The van der Waals surface area contributed by atoms with Gasteiger partial charge in [0.1, 0.15) is 0 Å². The molecule has 0 aromatic heterocycles. The highest BCUT2D eigenvalue weighted by molar-refractivity contribution is 6.05. The summed E-state index contributed by atoms with van der Waals surface area (Å²) < 4.78 is 5.08. The third-order valence-corrected chi connectivity index (χ3v) is 5.38. The summed E-state index contributed by atoms with van der Waals surface area (Å²) in [6, 6.07) is 13.3. The Labute approximate surface area is 173 Å². The van der Waals surface area contributed by atoms with Crippen LogP contribution in [0.5, 0.6) is 0 Å². The van der Waals surface area contributed by atoms with Crippen LogP contribution in [0.4, 0.5) is 5.69 Å². The molecule has 5 nitrogen and oxygen atoms in total. The molecule has 0 saturated carbocycles. The van der Waals surface area contributed by atoms with Crippen molar-refractivity contribution in [2.75, 3.05) is 32.1 Å². The highest BCUT2D eigenvalue weighted by atomic mass is 16.5. The van der Waals surface area contributed by atoms with Crippen molar-refractivity contribution in [1.82, 2.24) is 4.90 Å². The minimum atomic E-state index is -0.131. The first-order valence-electron chi connectivity index (χ1n) is 10.4. The molecule has 1 N–H and O–H groups in total. The summed E-state index contributed by atoms with van der Waals surface area (Å²) in [6.45, 7) is 4.00. The number of nitrogens with zero attached hydrogens (tertiary/aromatic N) is 1. The van der Waals surface area contributed by atoms with E-state index in [0.717, 1.165) is 24.1 Å². The topological polar surface area (TPSA) is 58.6 Å². The van der Waals surface area contributed by atoms with Gasteiger partial charge in [0.05, 0.1) is 6.61 Å². The number of hydrogen-bond donors (Lipinski definition) is 1. The number of amides is 2. The molecule has 29 heavy (non-hydrogen) atoms. The second kappa shape index (κ2) is 10.2. The summed E-state index contributed by atoms with van der Waals surface area (Å²) in [4.78, 5) is 27.0. The smallest absolute Gasteiger partial charge is 0.255 e. The monoisotopic (exact) mass is 394 g/mol. The summed E-state index contributed by atoms with van der Waals surface area (Å²) in [6.07, 6.45) is 5.45. The zero-order chi connectivity index (χ0) is 20.6. The molecule has 1 heterocycles. The standard InChI is InChI=1S/C24H30N2O3/c1-3-4-5-6-18-7-9-19(10-8-18)23(27)25-21-11-12-22-20(17-21)13-14-26(24(22)28)15-16-29-2/h7-12,17H,3-6,13-16H2,1-2H3,(H,25,27). The number of fused-ring (bicyclic) bond motifs is 1. The van der Waals surface area contributed by atoms with E-state index >= 15 is 0 Å². The van der Waals surface area contributed by atoms with E-state index in [1.54, 1.807) is 13.2 Å². The quantitative estimate of drug-likeness (QED) is 0.645. The van der Waals surface area contributed by atoms with Crippen LogP contribution in [0.3, 0.4) is 0 Å². The van der Waals surface area contributed by atoms with Gasteiger partial charge in [0.25, 0.3) is 11.8 Å². The van der Waals surface area contributed by atoms with Crippen LogP contribution in [-0.4, -0.2) is 43.5 Å². The molecule has 0 radical (unpaired) electrons. The van der Waals surface area contributed by atoms with Crippen LogP contribution in [0.1, 0.15) is 58.0 Å². The fourth-order valence-corrected chi connectivity index (χ4v) is 3.63. The molecule has 0 atom stereocenters. The molecule has 1 aliphatic rings. The van der Waals surface area contributed by atoms with E-state index in [9.17, 15) is 9.59 Å². The van der Waals surface area contributed by atoms with E-state index in [1.165, 1.54) is 24.8 Å². The van der Waals surface area contributed by atoms with Gasteiger partial charge in [-0.1, -0.05) is 31.9 Å². The van der Waals surface area contributed by atoms with Crippen LogP contribution < -0.4 is 5.32 Å². The molecule has 5 heteroatoms. The number of aryl methyl sites for hydroxylation is 1. The molecule has 154 valence electrons. The molecule has 0 fully saturated rings. The zero-order valence-corrected chi connectivity index (χ0v) is 17.4. The van der Waals surface area contributed by atoms with Crippen molar-refractivity contribution in [2.24, 2.45) is 0 Å². The molecule has 0 spiro atoms. The Morgan fingerprint density at radius 1 is 1.14 bits per heavy atom. The summed E-state index contributed by atoms with van der Waals surface area (Å²) in [5, 5.41) is 2.96. The molecular weight excluding hydrogens is 364 g/mol. The first kappa shape index (κ1) is 21.1. The van der Waals surface area contributed by atoms with Gasteiger partial charge < -0.3 is 15.0 Å². The average molecular weight is 395 g/mol. The van der Waals surface area contributed by atoms with Crippen molar-refractivity contribution in [1.29, 1.82) is 0 Å². The summed E-state index contributed by atoms with van der Waals surface area (Å²) in [5.41, 5.74) is 4.32. The number of hydrogen-bond acceptors (Lipinski definition) is 3. The minimum absolute atomic E-state index is 0.0276. The lowest BCUT2D eigenvalue weighted by molar-refractivity contribution is 0.0679. The molecule has 0 unspecified atom stereocenters. The van der Waals surface area contributed by atoms with Crippen LogP contribution in [0.25, 0.3) is 0 Å². The van der Waals surface area contributed by atoms with Crippen molar-refractivity contribution >= 4 is 17.5 Å². The van der Waals surface area contributed by atoms with Gasteiger partial charge in [-0.25, -0.2) is 0 Å². The Hall–Kier alpha value is -2.66. The van der Waals surface area contributed by atoms with E-state index in [0.29, 0.717) is 30.8 Å². The van der Waals surface area contributed by atoms with Crippen LogP contribution in [-0.2, 0) is 17.6 Å². The highest BCUT2D eigenvalue weighted by Crippen LogP contribution is 2.23. The fourth-order valence-electron chi connectivity index (χ4n) is 3.63. The van der Waals surface area contributed by atoms with Crippen LogP contribution in [0, 0.1) is 0 Å². The van der Waals surface area contributed by atoms with Gasteiger partial charge in [-0.2, -0.15) is 0 Å².